The summed E-state index contributed by atoms with van der Waals surface area (Å²) in [4.78, 5) is 14.4. The standard InChI is InChI=1S/C12H19N3OS3/c1-9(18-12-14-13-11(17-2)19-12)10(16)15-7-5-3-4-6-8-15/h9H,3-8H2,1-2H3. The summed E-state index contributed by atoms with van der Waals surface area (Å²) in [6, 6.07) is 0. The zero-order chi connectivity index (χ0) is 13.7. The third-order valence-electron chi connectivity index (χ3n) is 3.11. The Balaban J connectivity index is 1.90. The maximum atomic E-state index is 12.4. The molecule has 1 aliphatic rings. The summed E-state index contributed by atoms with van der Waals surface area (Å²) < 4.78 is 1.84. The lowest BCUT2D eigenvalue weighted by atomic mass is 10.2. The Morgan fingerprint density at radius 1 is 1.21 bits per heavy atom. The topological polar surface area (TPSA) is 46.1 Å². The Hall–Kier alpha value is -0.270. The number of hydrogen-bond donors (Lipinski definition) is 0. The van der Waals surface area contributed by atoms with Gasteiger partial charge in [0.2, 0.25) is 5.91 Å². The highest BCUT2D eigenvalue weighted by Gasteiger charge is 2.23. The average molecular weight is 318 g/mol. The van der Waals surface area contributed by atoms with Crippen molar-refractivity contribution in [2.45, 2.75) is 46.5 Å². The maximum absolute atomic E-state index is 12.4. The lowest BCUT2D eigenvalue weighted by molar-refractivity contribution is -0.130. The Bertz CT molecular complexity index is 416. The van der Waals surface area contributed by atoms with E-state index in [1.54, 1.807) is 23.1 Å². The predicted octanol–water partition coefficient (Wildman–Crippen LogP) is 3.14. The van der Waals surface area contributed by atoms with Crippen LogP contribution in [0.25, 0.3) is 0 Å². The molecule has 4 nitrogen and oxygen atoms in total. The van der Waals surface area contributed by atoms with Gasteiger partial charge in [-0.05, 0) is 26.0 Å². The van der Waals surface area contributed by atoms with Crippen LogP contribution in [0, 0.1) is 0 Å². The molecular formula is C12H19N3OS3. The fourth-order valence-electron chi connectivity index (χ4n) is 2.08. The minimum atomic E-state index is -0.0687. The Labute approximate surface area is 126 Å². The molecule has 2 rings (SSSR count). The van der Waals surface area contributed by atoms with Crippen molar-refractivity contribution in [1.82, 2.24) is 15.1 Å². The SMILES string of the molecule is CSc1nnc(SC(C)C(=O)N2CCCCCC2)s1. The van der Waals surface area contributed by atoms with Gasteiger partial charge in [-0.2, -0.15) is 0 Å². The first kappa shape index (κ1) is 15.1. The van der Waals surface area contributed by atoms with Crippen LogP contribution in [0.1, 0.15) is 32.6 Å². The highest BCUT2D eigenvalue weighted by molar-refractivity contribution is 8.03. The highest BCUT2D eigenvalue weighted by atomic mass is 32.2. The number of nitrogens with zero attached hydrogens (tertiary/aromatic N) is 3. The highest BCUT2D eigenvalue weighted by Crippen LogP contribution is 2.31. The van der Waals surface area contributed by atoms with Crippen LogP contribution in [0.2, 0.25) is 0 Å². The summed E-state index contributed by atoms with van der Waals surface area (Å²) >= 11 is 4.68. The molecule has 0 spiro atoms. The number of hydrogen-bond acceptors (Lipinski definition) is 6. The third-order valence-corrected chi connectivity index (χ3v) is 6.18. The Morgan fingerprint density at radius 3 is 2.42 bits per heavy atom. The van der Waals surface area contributed by atoms with Gasteiger partial charge in [0, 0.05) is 13.1 Å². The van der Waals surface area contributed by atoms with Crippen LogP contribution in [0.4, 0.5) is 0 Å². The van der Waals surface area contributed by atoms with E-state index in [1.165, 1.54) is 24.6 Å². The molecule has 19 heavy (non-hydrogen) atoms. The van der Waals surface area contributed by atoms with E-state index in [4.69, 9.17) is 0 Å². The molecule has 7 heteroatoms. The molecule has 0 aromatic carbocycles. The molecule has 2 heterocycles. The van der Waals surface area contributed by atoms with Crippen LogP contribution >= 0.6 is 34.9 Å². The monoisotopic (exact) mass is 317 g/mol. The van der Waals surface area contributed by atoms with Crippen molar-refractivity contribution in [2.75, 3.05) is 19.3 Å². The van der Waals surface area contributed by atoms with E-state index >= 15 is 0 Å². The third kappa shape index (κ3) is 4.36. The summed E-state index contributed by atoms with van der Waals surface area (Å²) in [5, 5.41) is 8.10. The van der Waals surface area contributed by atoms with Crippen molar-refractivity contribution in [3.05, 3.63) is 0 Å². The normalized spacial score (nSPS) is 18.1. The summed E-state index contributed by atoms with van der Waals surface area (Å²) in [5.41, 5.74) is 0. The molecule has 1 unspecified atom stereocenters. The zero-order valence-corrected chi connectivity index (χ0v) is 13.7. The van der Waals surface area contributed by atoms with E-state index < -0.39 is 0 Å². The van der Waals surface area contributed by atoms with Crippen molar-refractivity contribution in [3.8, 4) is 0 Å². The van der Waals surface area contributed by atoms with E-state index in [-0.39, 0.29) is 11.2 Å². The van der Waals surface area contributed by atoms with Crippen molar-refractivity contribution >= 4 is 40.8 Å². The number of thioether (sulfide) groups is 2. The molecule has 1 aromatic rings. The van der Waals surface area contributed by atoms with Crippen LogP contribution in [0.15, 0.2) is 8.68 Å². The van der Waals surface area contributed by atoms with Crippen molar-refractivity contribution in [2.24, 2.45) is 0 Å². The molecule has 0 saturated carbocycles. The first-order valence-corrected chi connectivity index (χ1v) is 9.45. The molecule has 0 N–H and O–H groups in total. The van der Waals surface area contributed by atoms with Gasteiger partial charge in [0.15, 0.2) is 8.68 Å². The smallest absolute Gasteiger partial charge is 0.235 e. The Kier molecular flexibility index (Phi) is 5.97. The van der Waals surface area contributed by atoms with Gasteiger partial charge in [0.05, 0.1) is 5.25 Å². The van der Waals surface area contributed by atoms with E-state index in [9.17, 15) is 4.79 Å². The first-order chi connectivity index (χ1) is 9.20. The van der Waals surface area contributed by atoms with E-state index in [0.29, 0.717) is 0 Å². The van der Waals surface area contributed by atoms with Crippen LogP contribution < -0.4 is 0 Å². The van der Waals surface area contributed by atoms with Crippen LogP contribution in [0.5, 0.6) is 0 Å². The van der Waals surface area contributed by atoms with E-state index in [0.717, 1.165) is 34.6 Å². The molecule has 0 aliphatic carbocycles. The summed E-state index contributed by atoms with van der Waals surface area (Å²) in [6.07, 6.45) is 6.76. The molecule has 0 radical (unpaired) electrons. The molecule has 1 saturated heterocycles. The minimum Gasteiger partial charge on any atom is -0.342 e. The zero-order valence-electron chi connectivity index (χ0n) is 11.3. The summed E-state index contributed by atoms with van der Waals surface area (Å²) in [7, 11) is 0. The van der Waals surface area contributed by atoms with Crippen LogP contribution in [0.3, 0.4) is 0 Å². The predicted molar refractivity (Wildman–Crippen MR) is 82.1 cm³/mol. The molecule has 1 aliphatic heterocycles. The molecule has 106 valence electrons. The largest absolute Gasteiger partial charge is 0.342 e. The molecule has 1 fully saturated rings. The summed E-state index contributed by atoms with van der Waals surface area (Å²) in [6.45, 7) is 3.80. The number of carbonyl (C=O) groups is 1. The van der Waals surface area contributed by atoms with Crippen molar-refractivity contribution in [1.29, 1.82) is 0 Å². The van der Waals surface area contributed by atoms with Crippen LogP contribution in [-0.4, -0.2) is 45.6 Å². The van der Waals surface area contributed by atoms with Gasteiger partial charge in [0.25, 0.3) is 0 Å². The molecular weight excluding hydrogens is 298 g/mol. The molecule has 1 atom stereocenters. The second-order valence-electron chi connectivity index (χ2n) is 4.54. The number of amides is 1. The number of carbonyl (C=O) groups excluding carboxylic acids is 1. The maximum Gasteiger partial charge on any atom is 0.235 e. The van der Waals surface area contributed by atoms with E-state index in [2.05, 4.69) is 10.2 Å². The number of aromatic nitrogens is 2. The van der Waals surface area contributed by atoms with Crippen LogP contribution in [-0.2, 0) is 4.79 Å². The lowest BCUT2D eigenvalue weighted by Crippen LogP contribution is -2.37. The fraction of sp³-hybridized carbons (Fsp3) is 0.750. The van der Waals surface area contributed by atoms with E-state index in [1.807, 2.05) is 18.1 Å². The quantitative estimate of drug-likeness (QED) is 0.798. The fourth-order valence-corrected chi connectivity index (χ4v) is 4.74. The van der Waals surface area contributed by atoms with Gasteiger partial charge in [-0.3, -0.25) is 4.79 Å². The average Bonchev–Trinajstić information content (AvgIpc) is 2.70. The van der Waals surface area contributed by atoms with Gasteiger partial charge >= 0.3 is 0 Å². The second-order valence-corrected chi connectivity index (χ2v) is 8.16. The molecule has 1 aromatic heterocycles. The minimum absolute atomic E-state index is 0.0687. The first-order valence-electron chi connectivity index (χ1n) is 6.53. The number of likely N-dealkylation sites (tertiary alicyclic amines) is 1. The van der Waals surface area contributed by atoms with Gasteiger partial charge in [-0.15, -0.1) is 10.2 Å². The van der Waals surface area contributed by atoms with Gasteiger partial charge < -0.3 is 4.90 Å². The second kappa shape index (κ2) is 7.50. The molecule has 1 amide bonds. The number of rotatable bonds is 4. The Morgan fingerprint density at radius 2 is 1.84 bits per heavy atom. The van der Waals surface area contributed by atoms with Gasteiger partial charge in [-0.25, -0.2) is 0 Å². The lowest BCUT2D eigenvalue weighted by Gasteiger charge is -2.23. The summed E-state index contributed by atoms with van der Waals surface area (Å²) in [5.74, 6) is 0.243. The van der Waals surface area contributed by atoms with Crippen molar-refractivity contribution < 1.29 is 4.79 Å². The van der Waals surface area contributed by atoms with Crippen molar-refractivity contribution in [3.63, 3.8) is 0 Å². The van der Waals surface area contributed by atoms with Gasteiger partial charge in [-0.1, -0.05) is 47.7 Å². The molecule has 0 bridgehead atoms. The van der Waals surface area contributed by atoms with Gasteiger partial charge in [0.1, 0.15) is 0 Å².